The van der Waals surface area contributed by atoms with Gasteiger partial charge in [0.1, 0.15) is 22.1 Å². The van der Waals surface area contributed by atoms with E-state index in [0.29, 0.717) is 6.04 Å². The fourth-order valence-electron chi connectivity index (χ4n) is 6.37. The Hall–Kier alpha value is -3.81. The first-order chi connectivity index (χ1) is 21.6. The van der Waals surface area contributed by atoms with Gasteiger partial charge in [-0.1, -0.05) is 97.0 Å². The van der Waals surface area contributed by atoms with Crippen LogP contribution in [-0.4, -0.2) is 15.7 Å². The van der Waals surface area contributed by atoms with Crippen LogP contribution in [0.25, 0.3) is 28.4 Å². The minimum atomic E-state index is 0.0511. The van der Waals surface area contributed by atoms with Crippen molar-refractivity contribution >= 4 is 57.2 Å². The topological polar surface area (TPSA) is 34.0 Å². The number of imidazole rings is 1. The van der Waals surface area contributed by atoms with E-state index in [1.165, 1.54) is 50.1 Å². The Morgan fingerprint density at radius 1 is 0.886 bits per heavy atom. The molecule has 0 bridgehead atoms. The number of rotatable bonds is 8. The van der Waals surface area contributed by atoms with Crippen LogP contribution >= 0.6 is 23.1 Å². The minimum absolute atomic E-state index is 0.0511. The Balaban J connectivity index is 1.30. The highest BCUT2D eigenvalue weighted by Gasteiger charge is 2.23. The molecule has 0 spiro atoms. The molecule has 226 valence electrons. The van der Waals surface area contributed by atoms with Gasteiger partial charge in [-0.2, -0.15) is 4.57 Å². The number of aryl methyl sites for hydroxylation is 1. The normalized spacial score (nSPS) is 18.0. The summed E-state index contributed by atoms with van der Waals surface area (Å²) in [5, 5.41) is 3.20. The highest BCUT2D eigenvalue weighted by molar-refractivity contribution is 8.03. The van der Waals surface area contributed by atoms with Gasteiger partial charge in [0.2, 0.25) is 5.52 Å². The number of thioether (sulfide) groups is 1. The van der Waals surface area contributed by atoms with Crippen LogP contribution in [0.2, 0.25) is 0 Å². The molecule has 0 radical (unpaired) electrons. The molecule has 0 saturated heterocycles. The highest BCUT2D eigenvalue weighted by Crippen LogP contribution is 2.45. The van der Waals surface area contributed by atoms with Gasteiger partial charge in [-0.3, -0.25) is 9.36 Å². The predicted molar refractivity (Wildman–Crippen MR) is 188 cm³/mol. The number of fused-ring (bicyclic) bond motifs is 2. The summed E-state index contributed by atoms with van der Waals surface area (Å²) in [6.45, 7) is 6.22. The monoisotopic (exact) mass is 621 g/mol. The molecule has 4 aromatic rings. The first-order valence-electron chi connectivity index (χ1n) is 15.8. The molecule has 1 aliphatic heterocycles. The van der Waals surface area contributed by atoms with Gasteiger partial charge in [0.15, 0.2) is 0 Å². The maximum absolute atomic E-state index is 13.6. The SMILES string of the molecule is CCN1/C(=C/C=C/C=c2/c(=O)n(C)\c(=C/C=C/C=C/c3sc4ccccc4[n+]3CC)n2C2CCCCC2)Sc2ccccc21. The van der Waals surface area contributed by atoms with Crippen LogP contribution in [0.4, 0.5) is 5.69 Å². The van der Waals surface area contributed by atoms with Gasteiger partial charge < -0.3 is 9.47 Å². The maximum atomic E-state index is 13.6. The number of anilines is 1. The zero-order chi connectivity index (χ0) is 30.5. The molecule has 6 rings (SSSR count). The van der Waals surface area contributed by atoms with Crippen molar-refractivity contribution in [1.29, 1.82) is 0 Å². The number of nitrogens with zero attached hydrogens (tertiary/aromatic N) is 4. The molecule has 44 heavy (non-hydrogen) atoms. The molecule has 5 nitrogen and oxygen atoms in total. The molecule has 2 aromatic carbocycles. The fourth-order valence-corrected chi connectivity index (χ4v) is 8.64. The zero-order valence-corrected chi connectivity index (χ0v) is 27.5. The molecule has 7 heteroatoms. The first kappa shape index (κ1) is 30.2. The standard InChI is InChI=1S/C37H41N4OS2/c1-4-39-29-20-12-15-23-32(29)43-35(39)26-11-7-10-25-34-38(3)37(42)31(41(34)28-18-8-6-9-19-28)22-14-17-27-36-40(5-2)30-21-13-16-24-33(30)44-36/h7,10-17,20-28H,4-6,8-9,18-19H2,1-3H3/q+1/b17-14+,31-22-,36-27-. The molecule has 0 atom stereocenters. The molecule has 1 aliphatic carbocycles. The van der Waals surface area contributed by atoms with Crippen molar-refractivity contribution in [3.8, 4) is 0 Å². The smallest absolute Gasteiger partial charge is 0.275 e. The molecule has 1 saturated carbocycles. The third kappa shape index (κ3) is 6.08. The molecular formula is C37H41N4OS2+. The van der Waals surface area contributed by atoms with Gasteiger partial charge in [-0.15, -0.1) is 0 Å². The minimum Gasteiger partial charge on any atom is -0.335 e. The van der Waals surface area contributed by atoms with Crippen LogP contribution < -0.4 is 25.9 Å². The summed E-state index contributed by atoms with van der Waals surface area (Å²) in [4.78, 5) is 17.2. The Labute approximate surface area is 268 Å². The van der Waals surface area contributed by atoms with Gasteiger partial charge in [0.25, 0.3) is 10.6 Å². The quantitative estimate of drug-likeness (QED) is 0.156. The van der Waals surface area contributed by atoms with Crippen molar-refractivity contribution in [2.24, 2.45) is 7.05 Å². The second kappa shape index (κ2) is 13.9. The lowest BCUT2D eigenvalue weighted by Gasteiger charge is -2.23. The van der Waals surface area contributed by atoms with E-state index in [4.69, 9.17) is 0 Å². The molecule has 0 unspecified atom stereocenters. The van der Waals surface area contributed by atoms with Crippen molar-refractivity contribution in [2.45, 2.75) is 63.4 Å². The summed E-state index contributed by atoms with van der Waals surface area (Å²) in [6, 6.07) is 17.4. The number of hydrogen-bond donors (Lipinski definition) is 0. The summed E-state index contributed by atoms with van der Waals surface area (Å²) in [6.07, 6.45) is 24.6. The third-order valence-corrected chi connectivity index (χ3v) is 10.8. The van der Waals surface area contributed by atoms with Crippen molar-refractivity contribution in [2.75, 3.05) is 11.4 Å². The molecule has 0 amide bonds. The van der Waals surface area contributed by atoms with Crippen molar-refractivity contribution in [3.63, 3.8) is 0 Å². The van der Waals surface area contributed by atoms with E-state index in [1.807, 2.05) is 30.5 Å². The average Bonchev–Trinajstić information content (AvgIpc) is 3.68. The molecule has 0 N–H and O–H groups in total. The number of para-hydroxylation sites is 2. The van der Waals surface area contributed by atoms with E-state index in [9.17, 15) is 4.79 Å². The van der Waals surface area contributed by atoms with E-state index in [2.05, 4.69) is 119 Å². The molecule has 2 aromatic heterocycles. The van der Waals surface area contributed by atoms with E-state index in [0.717, 1.165) is 36.8 Å². The summed E-state index contributed by atoms with van der Waals surface area (Å²) >= 11 is 3.61. The molecule has 1 fully saturated rings. The second-order valence-corrected chi connectivity index (χ2v) is 13.3. The highest BCUT2D eigenvalue weighted by atomic mass is 32.2. The summed E-state index contributed by atoms with van der Waals surface area (Å²) in [7, 11) is 1.90. The van der Waals surface area contributed by atoms with Gasteiger partial charge in [-0.25, -0.2) is 0 Å². The van der Waals surface area contributed by atoms with Crippen LogP contribution in [0.5, 0.6) is 0 Å². The van der Waals surface area contributed by atoms with Gasteiger partial charge in [0.05, 0.1) is 10.7 Å². The van der Waals surface area contributed by atoms with Crippen LogP contribution in [0.3, 0.4) is 0 Å². The Kier molecular flexibility index (Phi) is 9.53. The number of allylic oxidation sites excluding steroid dienone is 6. The Morgan fingerprint density at radius 3 is 2.45 bits per heavy atom. The third-order valence-electron chi connectivity index (χ3n) is 8.53. The second-order valence-electron chi connectivity index (χ2n) is 11.2. The summed E-state index contributed by atoms with van der Waals surface area (Å²) < 4.78 is 7.75. The average molecular weight is 622 g/mol. The van der Waals surface area contributed by atoms with E-state index < -0.39 is 0 Å². The predicted octanol–water partition coefficient (Wildman–Crippen LogP) is 7.07. The van der Waals surface area contributed by atoms with E-state index in [1.54, 1.807) is 16.3 Å². The van der Waals surface area contributed by atoms with Gasteiger partial charge in [0, 0.05) is 36.7 Å². The molecule has 2 aliphatic rings. The fraction of sp³-hybridized carbons (Fsp3) is 0.297. The maximum Gasteiger partial charge on any atom is 0.275 e. The van der Waals surface area contributed by atoms with Gasteiger partial charge in [-0.05, 0) is 63.1 Å². The van der Waals surface area contributed by atoms with E-state index >= 15 is 0 Å². The van der Waals surface area contributed by atoms with Crippen LogP contribution in [-0.2, 0) is 13.6 Å². The largest absolute Gasteiger partial charge is 0.335 e. The van der Waals surface area contributed by atoms with Crippen molar-refractivity contribution < 1.29 is 4.57 Å². The first-order valence-corrected chi connectivity index (χ1v) is 17.4. The summed E-state index contributed by atoms with van der Waals surface area (Å²) in [5.74, 6) is 0. The number of hydrogen-bond acceptors (Lipinski definition) is 4. The zero-order valence-electron chi connectivity index (χ0n) is 25.9. The Bertz CT molecular complexity index is 1950. The number of benzene rings is 2. The van der Waals surface area contributed by atoms with E-state index in [-0.39, 0.29) is 5.56 Å². The Morgan fingerprint density at radius 2 is 1.64 bits per heavy atom. The lowest BCUT2D eigenvalue weighted by molar-refractivity contribution is -0.665. The number of thiazole rings is 1. The lowest BCUT2D eigenvalue weighted by atomic mass is 9.95. The molecule has 3 heterocycles. The van der Waals surface area contributed by atoms with Crippen LogP contribution in [0, 0.1) is 0 Å². The molecular weight excluding hydrogens is 581 g/mol. The number of aromatic nitrogens is 3. The van der Waals surface area contributed by atoms with Gasteiger partial charge >= 0.3 is 0 Å². The summed E-state index contributed by atoms with van der Waals surface area (Å²) in [5.41, 5.74) is 3.54. The van der Waals surface area contributed by atoms with Crippen LogP contribution in [0.15, 0.2) is 99.7 Å². The van der Waals surface area contributed by atoms with Crippen molar-refractivity contribution in [1.82, 2.24) is 9.13 Å². The van der Waals surface area contributed by atoms with Crippen LogP contribution in [0.1, 0.15) is 57.0 Å². The lowest BCUT2D eigenvalue weighted by Crippen LogP contribution is -2.35. The van der Waals surface area contributed by atoms with Crippen molar-refractivity contribution in [3.05, 3.63) is 116 Å².